The van der Waals surface area contributed by atoms with Crippen molar-refractivity contribution < 1.29 is 4.58 Å². The van der Waals surface area contributed by atoms with E-state index >= 15 is 0 Å². The van der Waals surface area contributed by atoms with Gasteiger partial charge >= 0.3 is 0 Å². The zero-order valence-electron chi connectivity index (χ0n) is 13.5. The van der Waals surface area contributed by atoms with Gasteiger partial charge in [0, 0.05) is 14.7 Å². The van der Waals surface area contributed by atoms with Crippen molar-refractivity contribution in [3.63, 3.8) is 0 Å². The van der Waals surface area contributed by atoms with Crippen LogP contribution in [-0.4, -0.2) is 17.8 Å². The molecule has 0 fully saturated rings. The van der Waals surface area contributed by atoms with Crippen LogP contribution >= 0.6 is 22.6 Å². The van der Waals surface area contributed by atoms with E-state index in [0.29, 0.717) is 0 Å². The maximum atomic E-state index is 4.35. The zero-order chi connectivity index (χ0) is 16.4. The van der Waals surface area contributed by atoms with Gasteiger partial charge in [0.05, 0.1) is 13.3 Å². The zero-order valence-corrected chi connectivity index (χ0v) is 15.6. The fourth-order valence-corrected chi connectivity index (χ4v) is 3.26. The minimum absolute atomic E-state index is 0.910. The summed E-state index contributed by atoms with van der Waals surface area (Å²) in [5.41, 5.74) is 4.93. The van der Waals surface area contributed by atoms with Crippen LogP contribution in [0, 0.1) is 10.5 Å². The number of hydrogen-bond donors (Lipinski definition) is 0. The van der Waals surface area contributed by atoms with Crippen molar-refractivity contribution in [2.24, 2.45) is 0 Å². The monoisotopic (exact) mass is 415 g/mol. The van der Waals surface area contributed by atoms with E-state index in [-0.39, 0.29) is 0 Å². The van der Waals surface area contributed by atoms with Crippen LogP contribution in [0.2, 0.25) is 0 Å². The first-order chi connectivity index (χ1) is 11.1. The van der Waals surface area contributed by atoms with Crippen molar-refractivity contribution >= 4 is 40.2 Å². The van der Waals surface area contributed by atoms with Crippen molar-refractivity contribution in [2.75, 3.05) is 11.9 Å². The number of hydrogen-bond acceptors (Lipinski definition) is 1. The molecule has 0 bridgehead atoms. The molecular weight excluding hydrogens is 395 g/mol. The largest absolute Gasteiger partial charge is 0.279 e. The summed E-state index contributed by atoms with van der Waals surface area (Å²) in [7, 11) is 2.04. The highest BCUT2D eigenvalue weighted by Crippen LogP contribution is 2.36. The molecule has 0 saturated heterocycles. The van der Waals surface area contributed by atoms with Gasteiger partial charge in [-0.05, 0) is 66.8 Å². The minimum atomic E-state index is 0.910. The molecule has 2 aromatic carbocycles. The summed E-state index contributed by atoms with van der Waals surface area (Å²) in [6.07, 6.45) is 7.25. The number of nitrogens with zero attached hydrogens (tertiary/aromatic N) is 2. The van der Waals surface area contributed by atoms with Crippen molar-refractivity contribution in [1.82, 2.24) is 0 Å². The summed E-state index contributed by atoms with van der Waals surface area (Å²) in [5.74, 6) is 0.939. The Bertz CT molecular complexity index is 818. The normalized spacial score (nSPS) is 16.0. The maximum absolute atomic E-state index is 4.35. The van der Waals surface area contributed by atoms with E-state index in [0.717, 1.165) is 12.2 Å². The first-order valence-corrected chi connectivity index (χ1v) is 8.72. The number of anilines is 2. The van der Waals surface area contributed by atoms with Gasteiger partial charge in [0.25, 0.3) is 5.82 Å². The average molecular weight is 415 g/mol. The van der Waals surface area contributed by atoms with E-state index < -0.39 is 0 Å². The summed E-state index contributed by atoms with van der Waals surface area (Å²) in [6, 6.07) is 15.0. The number of allylic oxidation sites excluding steroid dienone is 2. The molecule has 1 aliphatic rings. The molecule has 0 radical (unpaired) electrons. The first-order valence-electron chi connectivity index (χ1n) is 7.64. The van der Waals surface area contributed by atoms with E-state index in [2.05, 4.69) is 106 Å². The van der Waals surface area contributed by atoms with E-state index in [1.807, 2.05) is 7.05 Å². The highest BCUT2D eigenvalue weighted by Gasteiger charge is 2.27. The number of para-hydroxylation sites is 1. The van der Waals surface area contributed by atoms with Crippen LogP contribution < -0.4 is 4.90 Å². The van der Waals surface area contributed by atoms with Crippen molar-refractivity contribution in [1.29, 1.82) is 0 Å². The third kappa shape index (κ3) is 3.11. The van der Waals surface area contributed by atoms with Gasteiger partial charge in [0.15, 0.2) is 0 Å². The molecule has 1 heterocycles. The number of benzene rings is 2. The second-order valence-electron chi connectivity index (χ2n) is 5.66. The quantitative estimate of drug-likeness (QED) is 0.468. The molecule has 0 N–H and O–H groups in total. The highest BCUT2D eigenvalue weighted by molar-refractivity contribution is 14.1. The first kappa shape index (κ1) is 16.0. The Hall–Kier alpha value is -1.88. The SMILES string of the molecule is C=C1N(c2cccc(I)c2C)c2ccccc2C/C=C\C=[N+]1C. The molecule has 0 saturated carbocycles. The third-order valence-electron chi connectivity index (χ3n) is 4.16. The van der Waals surface area contributed by atoms with Gasteiger partial charge in [0.2, 0.25) is 0 Å². The van der Waals surface area contributed by atoms with Gasteiger partial charge in [-0.25, -0.2) is 4.58 Å². The van der Waals surface area contributed by atoms with Crippen LogP contribution in [0.1, 0.15) is 11.1 Å². The van der Waals surface area contributed by atoms with Crippen LogP contribution in [0.4, 0.5) is 11.4 Å². The van der Waals surface area contributed by atoms with E-state index in [1.54, 1.807) is 0 Å². The van der Waals surface area contributed by atoms with Crippen LogP contribution in [-0.2, 0) is 6.42 Å². The minimum Gasteiger partial charge on any atom is -0.237 e. The van der Waals surface area contributed by atoms with Crippen molar-refractivity contribution in [2.45, 2.75) is 13.3 Å². The standard InChI is InChI=1S/C20H20IN2/c1-15-18(21)11-8-13-19(15)23-16(2)22(3)14-7-6-10-17-9-4-5-12-20(17)23/h4-9,11-14H,2,10H2,1,3H3/q+1/b7-6-,22-14?. The van der Waals surface area contributed by atoms with E-state index in [9.17, 15) is 0 Å². The van der Waals surface area contributed by atoms with Gasteiger partial charge < -0.3 is 0 Å². The van der Waals surface area contributed by atoms with Crippen LogP contribution in [0.25, 0.3) is 0 Å². The lowest BCUT2D eigenvalue weighted by molar-refractivity contribution is -0.438. The fourth-order valence-electron chi connectivity index (χ4n) is 2.78. The van der Waals surface area contributed by atoms with Gasteiger partial charge in [-0.15, -0.1) is 0 Å². The summed E-state index contributed by atoms with van der Waals surface area (Å²) in [5, 5.41) is 0. The van der Waals surface area contributed by atoms with E-state index in [4.69, 9.17) is 0 Å². The third-order valence-corrected chi connectivity index (χ3v) is 5.33. The predicted molar refractivity (Wildman–Crippen MR) is 107 cm³/mol. The molecule has 0 amide bonds. The Kier molecular flexibility index (Phi) is 4.66. The molecule has 2 aromatic rings. The molecule has 1 aliphatic heterocycles. The summed E-state index contributed by atoms with van der Waals surface area (Å²) >= 11 is 2.39. The molecule has 116 valence electrons. The Morgan fingerprint density at radius 3 is 2.65 bits per heavy atom. The number of rotatable bonds is 1. The number of halogens is 1. The van der Waals surface area contributed by atoms with Crippen LogP contribution in [0.15, 0.2) is 67.0 Å². The second-order valence-corrected chi connectivity index (χ2v) is 6.82. The Morgan fingerprint density at radius 2 is 1.83 bits per heavy atom. The Labute approximate surface area is 151 Å². The van der Waals surface area contributed by atoms with Crippen molar-refractivity contribution in [3.8, 4) is 0 Å². The lowest BCUT2D eigenvalue weighted by Crippen LogP contribution is -2.25. The topological polar surface area (TPSA) is 6.25 Å². The van der Waals surface area contributed by atoms with Gasteiger partial charge in [-0.3, -0.25) is 0 Å². The van der Waals surface area contributed by atoms with Gasteiger partial charge in [-0.1, -0.05) is 30.3 Å². The molecule has 3 rings (SSSR count). The molecule has 0 atom stereocenters. The van der Waals surface area contributed by atoms with E-state index in [1.165, 1.54) is 26.1 Å². The van der Waals surface area contributed by atoms with Gasteiger partial charge in [-0.2, -0.15) is 4.90 Å². The molecule has 23 heavy (non-hydrogen) atoms. The predicted octanol–water partition coefficient (Wildman–Crippen LogP) is 5.03. The molecule has 0 unspecified atom stereocenters. The summed E-state index contributed by atoms with van der Waals surface area (Å²) in [6.45, 7) is 6.52. The molecule has 3 heteroatoms. The molecular formula is C20H20IN2+. The fraction of sp³-hybridized carbons (Fsp3) is 0.150. The molecule has 0 aromatic heterocycles. The highest BCUT2D eigenvalue weighted by atomic mass is 127. The van der Waals surface area contributed by atoms with Gasteiger partial charge in [0.1, 0.15) is 11.4 Å². The maximum Gasteiger partial charge on any atom is 0.279 e. The lowest BCUT2D eigenvalue weighted by atomic mass is 10.1. The van der Waals surface area contributed by atoms with Crippen molar-refractivity contribution in [3.05, 3.63) is 81.7 Å². The average Bonchev–Trinajstić information content (AvgIpc) is 2.61. The molecule has 2 nitrogen and oxygen atoms in total. The summed E-state index contributed by atoms with van der Waals surface area (Å²) in [4.78, 5) is 2.26. The van der Waals surface area contributed by atoms with Crippen LogP contribution in [0.5, 0.6) is 0 Å². The molecule has 0 spiro atoms. The smallest absolute Gasteiger partial charge is 0.237 e. The summed E-state index contributed by atoms with van der Waals surface area (Å²) < 4.78 is 3.33. The second kappa shape index (κ2) is 6.71. The Balaban J connectivity index is 2.26. The number of fused-ring (bicyclic) bond motifs is 1. The molecule has 0 aliphatic carbocycles. The van der Waals surface area contributed by atoms with Crippen LogP contribution in [0.3, 0.4) is 0 Å². The Morgan fingerprint density at radius 1 is 1.09 bits per heavy atom. The lowest BCUT2D eigenvalue weighted by Gasteiger charge is -2.23.